The number of aromatic carboxylic acids is 1. The molecule has 5 rings (SSSR count). The van der Waals surface area contributed by atoms with Crippen molar-refractivity contribution >= 4 is 50.8 Å². The average Bonchev–Trinajstić information content (AvgIpc) is 3.19. The van der Waals surface area contributed by atoms with Gasteiger partial charge in [-0.1, -0.05) is 37.3 Å². The lowest BCUT2D eigenvalue weighted by molar-refractivity contribution is -0.143. The van der Waals surface area contributed by atoms with Crippen LogP contribution >= 0.6 is 0 Å². The maximum atomic E-state index is 13.8. The van der Waals surface area contributed by atoms with E-state index < -0.39 is 39.7 Å². The second-order valence-electron chi connectivity index (χ2n) is 13.6. The zero-order chi connectivity index (χ0) is 39.7. The van der Waals surface area contributed by atoms with Crippen molar-refractivity contribution in [1.29, 1.82) is 0 Å². The highest BCUT2D eigenvalue weighted by atomic mass is 32.2. The first kappa shape index (κ1) is 40.7. The predicted molar refractivity (Wildman–Crippen MR) is 213 cm³/mol. The number of carbonyl (C=O) groups excluding carboxylic acids is 2. The van der Waals surface area contributed by atoms with E-state index in [1.54, 1.807) is 55.5 Å². The number of amides is 2. The lowest BCUT2D eigenvalue weighted by atomic mass is 9.86. The fourth-order valence-electron chi connectivity index (χ4n) is 7.03. The summed E-state index contributed by atoms with van der Waals surface area (Å²) in [6, 6.07) is 24.9. The van der Waals surface area contributed by atoms with Crippen molar-refractivity contribution in [3.63, 3.8) is 0 Å². The number of aryl methyl sites for hydroxylation is 2. The smallest absolute Gasteiger partial charge is 0.335 e. The molecule has 0 heterocycles. The number of carboxylic acids is 2. The minimum Gasteiger partial charge on any atom is -0.481 e. The number of carbonyl (C=O) groups is 4. The lowest BCUT2D eigenvalue weighted by Crippen LogP contribution is -2.42. The summed E-state index contributed by atoms with van der Waals surface area (Å²) in [5.74, 6) is -3.34. The standard InChI is InChI=1S/C42H48N4O8S/c1-4-45(5-2)35-24-25-38(37(27-35)40(48)43-33-20-14-29(15-21-33)11-10-28-12-16-30(17-13-28)41(49)50)44-39(47)32-8-7-9-36(26-32)55(53,54)46(6-3)34-22-18-31(19-23-34)42(51)52/h7-9,12-17,20-21,24-27,31,34H,4-6,10-11,18-19,22-23H2,1-3H3,(H,43,48)(H,44,47)(H,49,50)(H,51,52). The van der Waals surface area contributed by atoms with Crippen LogP contribution < -0.4 is 15.5 Å². The maximum Gasteiger partial charge on any atom is 0.335 e. The molecule has 12 nitrogen and oxygen atoms in total. The average molecular weight is 769 g/mol. The van der Waals surface area contributed by atoms with Crippen LogP contribution in [-0.4, -0.2) is 72.4 Å². The molecule has 0 unspecified atom stereocenters. The van der Waals surface area contributed by atoms with E-state index >= 15 is 0 Å². The number of nitrogens with one attached hydrogen (secondary N) is 2. The van der Waals surface area contributed by atoms with Crippen molar-refractivity contribution in [2.24, 2.45) is 5.92 Å². The topological polar surface area (TPSA) is 173 Å². The van der Waals surface area contributed by atoms with Crippen LogP contribution in [0.1, 0.15) is 88.7 Å². The number of benzene rings is 4. The van der Waals surface area contributed by atoms with Gasteiger partial charge in [0, 0.05) is 42.6 Å². The summed E-state index contributed by atoms with van der Waals surface area (Å²) in [6.07, 6.45) is 3.11. The van der Waals surface area contributed by atoms with Crippen molar-refractivity contribution in [2.75, 3.05) is 35.2 Å². The van der Waals surface area contributed by atoms with Crippen LogP contribution in [0, 0.1) is 5.92 Å². The molecule has 1 saturated carbocycles. The lowest BCUT2D eigenvalue weighted by Gasteiger charge is -2.34. The Morgan fingerprint density at radius 1 is 0.691 bits per heavy atom. The summed E-state index contributed by atoms with van der Waals surface area (Å²) in [7, 11) is -4.00. The minimum absolute atomic E-state index is 0.0447. The summed E-state index contributed by atoms with van der Waals surface area (Å²) in [5.41, 5.74) is 4.21. The second-order valence-corrected chi connectivity index (χ2v) is 15.5. The van der Waals surface area contributed by atoms with Gasteiger partial charge in [-0.3, -0.25) is 14.4 Å². The highest BCUT2D eigenvalue weighted by Gasteiger charge is 2.35. The van der Waals surface area contributed by atoms with Crippen LogP contribution in [0.15, 0.2) is 95.9 Å². The van der Waals surface area contributed by atoms with Gasteiger partial charge in [0.05, 0.1) is 27.6 Å². The van der Waals surface area contributed by atoms with Gasteiger partial charge in [0.2, 0.25) is 10.0 Å². The zero-order valence-electron chi connectivity index (χ0n) is 31.3. The quantitative estimate of drug-likeness (QED) is 0.0922. The highest BCUT2D eigenvalue weighted by molar-refractivity contribution is 7.89. The molecule has 1 aliphatic rings. The molecule has 13 heteroatoms. The summed E-state index contributed by atoms with van der Waals surface area (Å²) in [6.45, 7) is 7.36. The fourth-order valence-corrected chi connectivity index (χ4v) is 8.77. The highest BCUT2D eigenvalue weighted by Crippen LogP contribution is 2.32. The van der Waals surface area contributed by atoms with Gasteiger partial charge in [-0.15, -0.1) is 0 Å². The van der Waals surface area contributed by atoms with Crippen LogP contribution in [0.4, 0.5) is 17.1 Å². The molecule has 0 saturated heterocycles. The summed E-state index contributed by atoms with van der Waals surface area (Å²) < 4.78 is 29.1. The molecule has 2 amide bonds. The van der Waals surface area contributed by atoms with Gasteiger partial charge in [-0.2, -0.15) is 4.31 Å². The van der Waals surface area contributed by atoms with Gasteiger partial charge in [0.1, 0.15) is 0 Å². The van der Waals surface area contributed by atoms with Gasteiger partial charge >= 0.3 is 11.9 Å². The second kappa shape index (κ2) is 18.2. The molecule has 0 aliphatic heterocycles. The number of hydrogen-bond donors (Lipinski definition) is 4. The molecule has 1 fully saturated rings. The normalized spacial score (nSPS) is 15.6. The number of rotatable bonds is 16. The van der Waals surface area contributed by atoms with E-state index in [0.717, 1.165) is 23.2 Å². The van der Waals surface area contributed by atoms with Gasteiger partial charge in [-0.25, -0.2) is 13.2 Å². The largest absolute Gasteiger partial charge is 0.481 e. The van der Waals surface area contributed by atoms with Crippen LogP contribution in [0.3, 0.4) is 0 Å². The van der Waals surface area contributed by atoms with Crippen LogP contribution in [0.25, 0.3) is 0 Å². The fraction of sp³-hybridized carbons (Fsp3) is 0.333. The number of sulfonamides is 1. The van der Waals surface area contributed by atoms with E-state index in [-0.39, 0.29) is 39.9 Å². The van der Waals surface area contributed by atoms with Crippen LogP contribution in [0.2, 0.25) is 0 Å². The summed E-state index contributed by atoms with van der Waals surface area (Å²) >= 11 is 0. The van der Waals surface area contributed by atoms with Crippen molar-refractivity contribution in [2.45, 2.75) is 70.2 Å². The van der Waals surface area contributed by atoms with Gasteiger partial charge in [0.15, 0.2) is 0 Å². The Balaban J connectivity index is 1.32. The Morgan fingerprint density at radius 2 is 1.31 bits per heavy atom. The molecule has 4 N–H and O–H groups in total. The number of carboxylic acid groups (broad SMARTS) is 2. The Hall–Kier alpha value is -5.53. The van der Waals surface area contributed by atoms with Crippen molar-refractivity contribution in [1.82, 2.24) is 4.31 Å². The van der Waals surface area contributed by atoms with Gasteiger partial charge in [0.25, 0.3) is 11.8 Å². The van der Waals surface area contributed by atoms with Crippen molar-refractivity contribution in [3.05, 3.63) is 119 Å². The first-order chi connectivity index (χ1) is 26.3. The van der Waals surface area contributed by atoms with Gasteiger partial charge in [-0.05, 0) is 124 Å². The van der Waals surface area contributed by atoms with Crippen molar-refractivity contribution in [3.8, 4) is 0 Å². The molecule has 0 aromatic heterocycles. The molecule has 0 bridgehead atoms. The molecule has 0 radical (unpaired) electrons. The summed E-state index contributed by atoms with van der Waals surface area (Å²) in [4.78, 5) is 52.2. The third-order valence-corrected chi connectivity index (χ3v) is 12.2. The summed E-state index contributed by atoms with van der Waals surface area (Å²) in [5, 5.41) is 24.3. The zero-order valence-corrected chi connectivity index (χ0v) is 32.1. The maximum absolute atomic E-state index is 13.8. The van der Waals surface area contributed by atoms with E-state index in [9.17, 15) is 32.7 Å². The van der Waals surface area contributed by atoms with E-state index in [1.807, 2.05) is 32.0 Å². The van der Waals surface area contributed by atoms with Crippen LogP contribution in [-0.2, 0) is 27.7 Å². The molecule has 1 aliphatic carbocycles. The minimum atomic E-state index is -4.00. The number of anilines is 3. The van der Waals surface area contributed by atoms with E-state index in [2.05, 4.69) is 15.5 Å². The molecule has 290 valence electrons. The third-order valence-electron chi connectivity index (χ3n) is 10.2. The number of nitrogens with zero attached hydrogens (tertiary/aromatic N) is 2. The number of aliphatic carboxylic acids is 1. The first-order valence-electron chi connectivity index (χ1n) is 18.6. The van der Waals surface area contributed by atoms with E-state index in [4.69, 9.17) is 5.11 Å². The van der Waals surface area contributed by atoms with E-state index in [0.29, 0.717) is 50.9 Å². The Bertz CT molecular complexity index is 2110. The van der Waals surface area contributed by atoms with Gasteiger partial charge < -0.3 is 25.7 Å². The Labute approximate surface area is 322 Å². The third kappa shape index (κ3) is 9.97. The molecule has 0 spiro atoms. The SMILES string of the molecule is CCN(CC)c1ccc(NC(=O)c2cccc(S(=O)(=O)N(CC)C3CCC(C(=O)O)CC3)c2)c(C(=O)Nc2ccc(CCc3ccc(C(=O)O)cc3)cc2)c1. The van der Waals surface area contributed by atoms with Crippen LogP contribution in [0.5, 0.6) is 0 Å². The monoisotopic (exact) mass is 768 g/mol. The molecule has 55 heavy (non-hydrogen) atoms. The molecular weight excluding hydrogens is 721 g/mol. The predicted octanol–water partition coefficient (Wildman–Crippen LogP) is 7.17. The molecule has 0 atom stereocenters. The Morgan fingerprint density at radius 3 is 1.87 bits per heavy atom. The first-order valence-corrected chi connectivity index (χ1v) is 20.1. The molecular formula is C42H48N4O8S. The molecule has 4 aromatic rings. The number of hydrogen-bond acceptors (Lipinski definition) is 7. The van der Waals surface area contributed by atoms with Crippen molar-refractivity contribution < 1.29 is 37.8 Å². The Kier molecular flexibility index (Phi) is 13.5. The van der Waals surface area contributed by atoms with E-state index in [1.165, 1.54) is 28.6 Å². The molecule has 4 aromatic carbocycles.